The van der Waals surface area contributed by atoms with Crippen molar-refractivity contribution in [1.29, 1.82) is 0 Å². The van der Waals surface area contributed by atoms with Gasteiger partial charge in [0.15, 0.2) is 6.29 Å². The number of benzene rings is 1. The average molecular weight is 550 g/mol. The fourth-order valence-corrected chi connectivity index (χ4v) is 6.18. The molecule has 0 spiro atoms. The Labute approximate surface area is 230 Å². The van der Waals surface area contributed by atoms with Crippen molar-refractivity contribution in [1.82, 2.24) is 14.5 Å². The highest BCUT2D eigenvalue weighted by Crippen LogP contribution is 2.32. The molecule has 5 rings (SSSR count). The van der Waals surface area contributed by atoms with E-state index in [0.29, 0.717) is 0 Å². The number of nitrogens with zero attached hydrogens (tertiary/aromatic N) is 3. The smallest absolute Gasteiger partial charge is 0.310 e. The highest BCUT2D eigenvalue weighted by molar-refractivity contribution is 7.16. The van der Waals surface area contributed by atoms with E-state index in [2.05, 4.69) is 35.9 Å². The normalized spacial score (nSPS) is 16.8. The van der Waals surface area contributed by atoms with E-state index in [9.17, 15) is 4.79 Å². The molecule has 7 nitrogen and oxygen atoms in total. The van der Waals surface area contributed by atoms with E-state index in [1.807, 2.05) is 37.4 Å². The first-order valence-corrected chi connectivity index (χ1v) is 14.4. The maximum Gasteiger partial charge on any atom is 0.310 e. The monoisotopic (exact) mass is 549 g/mol. The Hall–Kier alpha value is -2.87. The van der Waals surface area contributed by atoms with Crippen molar-refractivity contribution in [2.75, 3.05) is 13.7 Å². The van der Waals surface area contributed by atoms with Crippen LogP contribution in [0.1, 0.15) is 62.1 Å². The van der Waals surface area contributed by atoms with Crippen molar-refractivity contribution in [2.45, 2.75) is 64.6 Å². The lowest BCUT2D eigenvalue weighted by Gasteiger charge is -2.29. The predicted molar refractivity (Wildman–Crippen MR) is 152 cm³/mol. The summed E-state index contributed by atoms with van der Waals surface area (Å²) in [5, 5.41) is 3.03. The van der Waals surface area contributed by atoms with Crippen LogP contribution >= 0.6 is 22.7 Å². The van der Waals surface area contributed by atoms with Crippen molar-refractivity contribution < 1.29 is 14.2 Å². The van der Waals surface area contributed by atoms with Gasteiger partial charge in [-0.1, -0.05) is 36.2 Å². The van der Waals surface area contributed by atoms with E-state index in [-0.39, 0.29) is 23.8 Å². The SMILES string of the molecule is COCn1c(=O)sc2cc(C(C)c3nc(-c4ccc(C#CC(C)(C)OC5CCCCO5)cn4)cs3)ccc21. The van der Waals surface area contributed by atoms with E-state index in [1.54, 1.807) is 29.2 Å². The lowest BCUT2D eigenvalue weighted by molar-refractivity contribution is -0.199. The molecule has 0 radical (unpaired) electrons. The average Bonchev–Trinajstić information content (AvgIpc) is 3.53. The van der Waals surface area contributed by atoms with Gasteiger partial charge in [-0.25, -0.2) is 4.98 Å². The van der Waals surface area contributed by atoms with Crippen LogP contribution in [0.25, 0.3) is 21.6 Å². The molecule has 4 heterocycles. The summed E-state index contributed by atoms with van der Waals surface area (Å²) in [4.78, 5) is 21.8. The number of ether oxygens (including phenoxy) is 3. The fraction of sp³-hybridized carbons (Fsp3) is 0.414. The molecule has 1 aliphatic rings. The first-order chi connectivity index (χ1) is 18.3. The third-order valence-electron chi connectivity index (χ3n) is 6.44. The molecule has 1 aromatic carbocycles. The molecular formula is C29H31N3O4S2. The maximum atomic E-state index is 12.3. The van der Waals surface area contributed by atoms with Crippen LogP contribution in [0.15, 0.2) is 46.7 Å². The van der Waals surface area contributed by atoms with E-state index in [4.69, 9.17) is 19.2 Å². The molecule has 3 aromatic heterocycles. The standard InChI is InChI=1S/C29H31N3O4S2/c1-19(21-9-11-24-25(15-21)38-28(33)32(24)18-34-4)27-31-23(17-37-27)22-10-8-20(16-30-22)12-13-29(2,3)36-26-7-5-6-14-35-26/h8-11,15-17,19,26H,5-7,14,18H2,1-4H3. The predicted octanol–water partition coefficient (Wildman–Crippen LogP) is 6.01. The van der Waals surface area contributed by atoms with Crippen LogP contribution in [0.4, 0.5) is 0 Å². The second kappa shape index (κ2) is 11.5. The Kier molecular flexibility index (Phi) is 8.07. The van der Waals surface area contributed by atoms with Crippen molar-refractivity contribution in [3.8, 4) is 23.2 Å². The Balaban J connectivity index is 1.28. The molecule has 1 aliphatic heterocycles. The van der Waals surface area contributed by atoms with E-state index < -0.39 is 5.60 Å². The number of thiazole rings is 2. The van der Waals surface area contributed by atoms with Gasteiger partial charge < -0.3 is 14.2 Å². The summed E-state index contributed by atoms with van der Waals surface area (Å²) in [5.74, 6) is 6.48. The van der Waals surface area contributed by atoms with Crippen LogP contribution < -0.4 is 4.87 Å². The van der Waals surface area contributed by atoms with Gasteiger partial charge in [0.05, 0.1) is 21.6 Å². The van der Waals surface area contributed by atoms with Crippen molar-refractivity contribution in [3.05, 3.63) is 67.7 Å². The molecule has 0 amide bonds. The third kappa shape index (κ3) is 6.06. The van der Waals surface area contributed by atoms with Gasteiger partial charge in [0.25, 0.3) is 0 Å². The highest BCUT2D eigenvalue weighted by Gasteiger charge is 2.24. The van der Waals surface area contributed by atoms with Gasteiger partial charge >= 0.3 is 4.87 Å². The number of methoxy groups -OCH3 is 1. The van der Waals surface area contributed by atoms with Crippen LogP contribution in [0.5, 0.6) is 0 Å². The summed E-state index contributed by atoms with van der Waals surface area (Å²) in [7, 11) is 1.59. The summed E-state index contributed by atoms with van der Waals surface area (Å²) in [6.07, 6.45) is 4.72. The van der Waals surface area contributed by atoms with E-state index in [1.165, 1.54) is 11.3 Å². The van der Waals surface area contributed by atoms with Crippen LogP contribution in [0.2, 0.25) is 0 Å². The minimum atomic E-state index is -0.605. The lowest BCUT2D eigenvalue weighted by Crippen LogP contribution is -2.33. The first-order valence-electron chi connectivity index (χ1n) is 12.7. The molecule has 0 bridgehead atoms. The number of pyridine rings is 1. The number of hydrogen-bond acceptors (Lipinski definition) is 8. The summed E-state index contributed by atoms with van der Waals surface area (Å²) in [5.41, 5.74) is 3.87. The van der Waals surface area contributed by atoms with Crippen LogP contribution in [-0.4, -0.2) is 40.1 Å². The highest BCUT2D eigenvalue weighted by atomic mass is 32.1. The maximum absolute atomic E-state index is 12.3. The largest absolute Gasteiger partial charge is 0.364 e. The van der Waals surface area contributed by atoms with Crippen LogP contribution in [0.3, 0.4) is 0 Å². The van der Waals surface area contributed by atoms with Crippen LogP contribution in [-0.2, 0) is 20.9 Å². The molecular weight excluding hydrogens is 518 g/mol. The minimum absolute atomic E-state index is 0.0169. The molecule has 0 saturated carbocycles. The van der Waals surface area contributed by atoms with E-state index in [0.717, 1.165) is 63.6 Å². The minimum Gasteiger partial charge on any atom is -0.364 e. The Morgan fingerprint density at radius 3 is 2.84 bits per heavy atom. The van der Waals surface area contributed by atoms with Crippen molar-refractivity contribution in [3.63, 3.8) is 0 Å². The second-order valence-corrected chi connectivity index (χ2v) is 11.7. The van der Waals surface area contributed by atoms with Gasteiger partial charge in [0.1, 0.15) is 17.3 Å². The zero-order valence-electron chi connectivity index (χ0n) is 22.0. The summed E-state index contributed by atoms with van der Waals surface area (Å²) in [6, 6.07) is 10.0. The molecule has 2 unspecified atom stereocenters. The fourth-order valence-electron chi connectivity index (χ4n) is 4.35. The molecule has 0 aliphatic carbocycles. The second-order valence-electron chi connectivity index (χ2n) is 9.84. The van der Waals surface area contributed by atoms with Crippen molar-refractivity contribution in [2.24, 2.45) is 0 Å². The van der Waals surface area contributed by atoms with Gasteiger partial charge in [0.2, 0.25) is 0 Å². The molecule has 1 fully saturated rings. The number of hydrogen-bond donors (Lipinski definition) is 0. The van der Waals surface area contributed by atoms with Crippen molar-refractivity contribution >= 4 is 32.9 Å². The molecule has 38 heavy (non-hydrogen) atoms. The van der Waals surface area contributed by atoms with Crippen LogP contribution in [0, 0.1) is 11.8 Å². The topological polar surface area (TPSA) is 75.5 Å². The molecule has 0 N–H and O–H groups in total. The summed E-state index contributed by atoms with van der Waals surface area (Å²) >= 11 is 2.85. The summed E-state index contributed by atoms with van der Waals surface area (Å²) in [6.45, 7) is 7.06. The van der Waals surface area contributed by atoms with Gasteiger partial charge in [-0.15, -0.1) is 11.3 Å². The van der Waals surface area contributed by atoms with Gasteiger partial charge in [-0.05, 0) is 62.9 Å². The lowest BCUT2D eigenvalue weighted by atomic mass is 10.0. The quantitative estimate of drug-likeness (QED) is 0.263. The molecule has 4 aromatic rings. The molecule has 2 atom stereocenters. The van der Waals surface area contributed by atoms with E-state index >= 15 is 0 Å². The molecule has 9 heteroatoms. The zero-order chi connectivity index (χ0) is 26.7. The Morgan fingerprint density at radius 1 is 1.24 bits per heavy atom. The third-order valence-corrected chi connectivity index (χ3v) is 8.41. The first kappa shape index (κ1) is 26.7. The molecule has 1 saturated heterocycles. The van der Waals surface area contributed by atoms with Gasteiger partial charge in [-0.3, -0.25) is 14.3 Å². The number of aromatic nitrogens is 3. The number of fused-ring (bicyclic) bond motifs is 1. The zero-order valence-corrected chi connectivity index (χ0v) is 23.7. The summed E-state index contributed by atoms with van der Waals surface area (Å²) < 4.78 is 19.5. The van der Waals surface area contributed by atoms with Gasteiger partial charge in [-0.2, -0.15) is 0 Å². The number of rotatable bonds is 7. The Morgan fingerprint density at radius 2 is 2.11 bits per heavy atom. The van der Waals surface area contributed by atoms with Gasteiger partial charge in [0, 0.05) is 36.8 Å². The Bertz CT molecular complexity index is 1520. The molecule has 198 valence electrons.